The van der Waals surface area contributed by atoms with Crippen LogP contribution in [0.1, 0.15) is 64.4 Å². The number of nitrogens with one attached hydrogen (secondary N) is 3. The van der Waals surface area contributed by atoms with Gasteiger partial charge in [0.05, 0.1) is 21.8 Å². The van der Waals surface area contributed by atoms with Crippen molar-refractivity contribution in [3.8, 4) is 11.1 Å². The van der Waals surface area contributed by atoms with Gasteiger partial charge in [0.15, 0.2) is 11.6 Å². The van der Waals surface area contributed by atoms with Crippen LogP contribution < -0.4 is 10.6 Å². The summed E-state index contributed by atoms with van der Waals surface area (Å²) in [5.41, 5.74) is 1.13. The molecule has 2 aromatic carbocycles. The van der Waals surface area contributed by atoms with Crippen molar-refractivity contribution in [2.24, 2.45) is 0 Å². The number of H-pyrrole nitrogens is 1. The highest BCUT2D eigenvalue weighted by molar-refractivity contribution is 6.36. The number of hydrogen-bond donors (Lipinski definition) is 3. The minimum Gasteiger partial charge on any atom is -0.443 e. The van der Waals surface area contributed by atoms with E-state index in [1.165, 1.54) is 6.42 Å². The lowest BCUT2D eigenvalue weighted by molar-refractivity contribution is 0.0444. The predicted octanol–water partition coefficient (Wildman–Crippen LogP) is 7.50. The van der Waals surface area contributed by atoms with Gasteiger partial charge < -0.3 is 20.4 Å². The van der Waals surface area contributed by atoms with E-state index in [4.69, 9.17) is 16.3 Å². The highest BCUT2D eigenvalue weighted by Crippen LogP contribution is 2.45. The first kappa shape index (κ1) is 23.9. The van der Waals surface area contributed by atoms with Gasteiger partial charge >= 0.3 is 6.09 Å². The number of para-hydroxylation sites is 1. The number of carbonyl (C=O) groups is 1. The Kier molecular flexibility index (Phi) is 6.16. The zero-order valence-electron chi connectivity index (χ0n) is 20.1. The summed E-state index contributed by atoms with van der Waals surface area (Å²) in [5.74, 6) is -2.26. The first-order valence-corrected chi connectivity index (χ1v) is 12.6. The van der Waals surface area contributed by atoms with Crippen LogP contribution >= 0.6 is 11.6 Å². The molecule has 0 bridgehead atoms. The molecule has 1 fully saturated rings. The van der Waals surface area contributed by atoms with Crippen LogP contribution in [-0.4, -0.2) is 28.8 Å². The SMILES string of the molecule is CC1c2cc(-c3cccc4c(Cl)c[nH]c34)c(F)c(F)c2NC(C)(C)C1OC(=O)NC1CCCCC1. The van der Waals surface area contributed by atoms with E-state index in [0.29, 0.717) is 21.7 Å². The third-order valence-corrected chi connectivity index (χ3v) is 7.77. The van der Waals surface area contributed by atoms with Crippen molar-refractivity contribution in [3.63, 3.8) is 0 Å². The van der Waals surface area contributed by atoms with Crippen LogP contribution in [0.4, 0.5) is 19.3 Å². The molecule has 35 heavy (non-hydrogen) atoms. The number of ether oxygens (including phenoxy) is 1. The quantitative estimate of drug-likeness (QED) is 0.348. The largest absolute Gasteiger partial charge is 0.443 e. The molecule has 2 unspecified atom stereocenters. The normalized spacial score (nSPS) is 21.9. The van der Waals surface area contributed by atoms with Crippen LogP contribution in [0.2, 0.25) is 5.02 Å². The van der Waals surface area contributed by atoms with Gasteiger partial charge in [-0.3, -0.25) is 0 Å². The number of anilines is 1. The van der Waals surface area contributed by atoms with Crippen molar-refractivity contribution in [2.45, 2.75) is 76.5 Å². The first-order valence-electron chi connectivity index (χ1n) is 12.2. The number of aromatic nitrogens is 1. The maximum Gasteiger partial charge on any atom is 0.407 e. The maximum absolute atomic E-state index is 15.5. The Labute approximate surface area is 208 Å². The zero-order valence-corrected chi connectivity index (χ0v) is 20.9. The number of aromatic amines is 1. The summed E-state index contributed by atoms with van der Waals surface area (Å²) in [7, 11) is 0. The smallest absolute Gasteiger partial charge is 0.407 e. The Morgan fingerprint density at radius 3 is 2.63 bits per heavy atom. The molecule has 2 aliphatic rings. The molecule has 1 aromatic heterocycles. The van der Waals surface area contributed by atoms with Gasteiger partial charge in [0, 0.05) is 34.7 Å². The summed E-state index contributed by atoms with van der Waals surface area (Å²) in [4.78, 5) is 15.8. The molecule has 2 heterocycles. The standard InChI is InChI=1S/C27H30ClF2N3O2/c1-14-18-12-19(16-10-7-11-17-20(28)13-31-23(16)17)21(29)22(30)24(18)33-27(2,3)25(14)35-26(34)32-15-8-5-4-6-9-15/h7,10-15,25,31,33H,4-6,8-9H2,1-3H3,(H,32,34). The van der Waals surface area contributed by atoms with Gasteiger partial charge in [-0.15, -0.1) is 0 Å². The van der Waals surface area contributed by atoms with E-state index in [0.717, 1.165) is 31.1 Å². The van der Waals surface area contributed by atoms with Crippen LogP contribution in [0.15, 0.2) is 30.5 Å². The van der Waals surface area contributed by atoms with Gasteiger partial charge in [0.2, 0.25) is 0 Å². The molecule has 1 saturated carbocycles. The van der Waals surface area contributed by atoms with Gasteiger partial charge in [-0.2, -0.15) is 0 Å². The monoisotopic (exact) mass is 501 g/mol. The van der Waals surface area contributed by atoms with Gasteiger partial charge in [-0.25, -0.2) is 13.6 Å². The van der Waals surface area contributed by atoms with Gasteiger partial charge in [0.1, 0.15) is 6.10 Å². The van der Waals surface area contributed by atoms with Crippen molar-refractivity contribution in [1.82, 2.24) is 10.3 Å². The van der Waals surface area contributed by atoms with Gasteiger partial charge in [-0.05, 0) is 38.3 Å². The molecule has 186 valence electrons. The molecule has 1 aliphatic carbocycles. The molecule has 0 radical (unpaired) electrons. The molecule has 5 rings (SSSR count). The summed E-state index contributed by atoms with van der Waals surface area (Å²) in [6.45, 7) is 5.54. The van der Waals surface area contributed by atoms with Gasteiger partial charge in [-0.1, -0.05) is 56.0 Å². The minimum atomic E-state index is -0.947. The Balaban J connectivity index is 1.51. The van der Waals surface area contributed by atoms with E-state index in [1.54, 1.807) is 24.4 Å². The minimum absolute atomic E-state index is 0.105. The number of carbonyl (C=O) groups excluding carboxylic acids is 1. The summed E-state index contributed by atoms with van der Waals surface area (Å²) in [6, 6.07) is 7.09. The lowest BCUT2D eigenvalue weighted by Crippen LogP contribution is -2.53. The fourth-order valence-corrected chi connectivity index (χ4v) is 5.88. The molecule has 8 heteroatoms. The number of benzene rings is 2. The number of halogens is 3. The second kappa shape index (κ2) is 9.01. The van der Waals surface area contributed by atoms with Crippen molar-refractivity contribution in [2.75, 3.05) is 5.32 Å². The lowest BCUT2D eigenvalue weighted by atomic mass is 9.78. The second-order valence-electron chi connectivity index (χ2n) is 10.3. The van der Waals surface area contributed by atoms with E-state index in [-0.39, 0.29) is 23.2 Å². The van der Waals surface area contributed by atoms with E-state index >= 15 is 8.78 Å². The highest BCUT2D eigenvalue weighted by Gasteiger charge is 2.44. The zero-order chi connectivity index (χ0) is 24.9. The highest BCUT2D eigenvalue weighted by atomic mass is 35.5. The van der Waals surface area contributed by atoms with Crippen LogP contribution in [0, 0.1) is 11.6 Å². The number of alkyl carbamates (subject to hydrolysis) is 1. The third-order valence-electron chi connectivity index (χ3n) is 7.46. The van der Waals surface area contributed by atoms with Crippen molar-refractivity contribution in [3.05, 3.63) is 52.7 Å². The Hall–Kier alpha value is -2.80. The molecule has 0 saturated heterocycles. The molecular formula is C27H30ClF2N3O2. The van der Waals surface area contributed by atoms with Gasteiger partial charge in [0.25, 0.3) is 0 Å². The molecule has 1 amide bonds. The second-order valence-corrected chi connectivity index (χ2v) is 10.7. The van der Waals surface area contributed by atoms with Crippen LogP contribution in [0.3, 0.4) is 0 Å². The average molecular weight is 502 g/mol. The van der Waals surface area contributed by atoms with E-state index in [9.17, 15) is 4.79 Å². The molecule has 1 aliphatic heterocycles. The first-order chi connectivity index (χ1) is 16.7. The van der Waals surface area contributed by atoms with Crippen molar-refractivity contribution in [1.29, 1.82) is 0 Å². The Morgan fingerprint density at radius 2 is 1.89 bits per heavy atom. The maximum atomic E-state index is 15.5. The van der Waals surface area contributed by atoms with Crippen molar-refractivity contribution < 1.29 is 18.3 Å². The fourth-order valence-electron chi connectivity index (χ4n) is 5.67. The van der Waals surface area contributed by atoms with Crippen molar-refractivity contribution >= 4 is 34.3 Å². The Bertz CT molecular complexity index is 1280. The summed E-state index contributed by atoms with van der Waals surface area (Å²) >= 11 is 6.25. The number of amides is 1. The molecule has 0 spiro atoms. The predicted molar refractivity (Wildman–Crippen MR) is 135 cm³/mol. The van der Waals surface area contributed by atoms with E-state index in [2.05, 4.69) is 15.6 Å². The molecule has 3 aromatic rings. The summed E-state index contributed by atoms with van der Waals surface area (Å²) in [5, 5.41) is 7.34. The Morgan fingerprint density at radius 1 is 1.14 bits per heavy atom. The molecule has 5 nitrogen and oxygen atoms in total. The lowest BCUT2D eigenvalue weighted by Gasteiger charge is -2.44. The topological polar surface area (TPSA) is 66.1 Å². The average Bonchev–Trinajstić information content (AvgIpc) is 3.21. The fraction of sp³-hybridized carbons (Fsp3) is 0.444. The summed E-state index contributed by atoms with van der Waals surface area (Å²) < 4.78 is 36.8. The molecule has 3 N–H and O–H groups in total. The van der Waals surface area contributed by atoms with Crippen LogP contribution in [0.5, 0.6) is 0 Å². The number of fused-ring (bicyclic) bond motifs is 2. The molecular weight excluding hydrogens is 472 g/mol. The number of rotatable bonds is 3. The van der Waals surface area contributed by atoms with Crippen LogP contribution in [-0.2, 0) is 4.74 Å². The molecule has 2 atom stereocenters. The van der Waals surface area contributed by atoms with E-state index in [1.807, 2.05) is 26.8 Å². The number of hydrogen-bond acceptors (Lipinski definition) is 3. The van der Waals surface area contributed by atoms with E-state index < -0.39 is 29.4 Å². The summed E-state index contributed by atoms with van der Waals surface area (Å²) in [6.07, 6.45) is 5.84. The third kappa shape index (κ3) is 4.24. The van der Waals surface area contributed by atoms with Crippen LogP contribution in [0.25, 0.3) is 22.0 Å².